The molecule has 1 rings (SSSR count). The zero-order valence-electron chi connectivity index (χ0n) is 10.7. The van der Waals surface area contributed by atoms with Gasteiger partial charge < -0.3 is 14.6 Å². The summed E-state index contributed by atoms with van der Waals surface area (Å²) < 4.78 is 32.1. The normalized spacial score (nSPS) is 9.20. The lowest BCUT2D eigenvalue weighted by Crippen LogP contribution is -2.14. The highest BCUT2D eigenvalue weighted by Gasteiger charge is 2.14. The van der Waals surface area contributed by atoms with Gasteiger partial charge >= 0.3 is 11.9 Å². The van der Waals surface area contributed by atoms with Gasteiger partial charge in [-0.15, -0.1) is 0 Å². The molecule has 0 spiro atoms. The van der Waals surface area contributed by atoms with Crippen molar-refractivity contribution in [1.82, 2.24) is 4.98 Å². The number of hydrogen-bond acceptors (Lipinski definition) is 6. The standard InChI is InChI=1S/C7H6FNO4.C4H7FO2/c1-13-7(12)3-2-4(8)6(11)9-5(3)10;1-2-7-4(6)3-5/h2H,1H3,(H2,9,10,11);2-3H2,1H3. The fourth-order valence-corrected chi connectivity index (χ4v) is 0.960. The number of carbonyl (C=O) groups is 2. The van der Waals surface area contributed by atoms with Crippen LogP contribution in [0.1, 0.15) is 17.3 Å². The summed E-state index contributed by atoms with van der Waals surface area (Å²) in [5.41, 5.74) is -1.51. The van der Waals surface area contributed by atoms with Gasteiger partial charge in [0.1, 0.15) is 5.56 Å². The molecule has 0 saturated heterocycles. The first kappa shape index (κ1) is 17.6. The van der Waals surface area contributed by atoms with E-state index in [9.17, 15) is 23.2 Å². The molecule has 20 heavy (non-hydrogen) atoms. The molecule has 1 aromatic heterocycles. The molecule has 0 amide bonds. The van der Waals surface area contributed by atoms with E-state index in [0.29, 0.717) is 6.07 Å². The van der Waals surface area contributed by atoms with Crippen molar-refractivity contribution in [2.24, 2.45) is 0 Å². The van der Waals surface area contributed by atoms with Crippen molar-refractivity contribution in [3.63, 3.8) is 0 Å². The molecular weight excluding hydrogens is 280 g/mol. The molecule has 0 aliphatic carbocycles. The number of aromatic nitrogens is 1. The summed E-state index contributed by atoms with van der Waals surface area (Å²) in [5, 5.41) is 8.99. The van der Waals surface area contributed by atoms with Gasteiger partial charge in [-0.05, 0) is 13.0 Å². The average Bonchev–Trinajstić information content (AvgIpc) is 2.43. The number of nitrogens with one attached hydrogen (secondary N) is 1. The Balaban J connectivity index is 0.000000441. The van der Waals surface area contributed by atoms with E-state index < -0.39 is 41.4 Å². The molecule has 7 nitrogen and oxygen atoms in total. The second-order valence-corrected chi connectivity index (χ2v) is 3.14. The van der Waals surface area contributed by atoms with Crippen LogP contribution < -0.4 is 5.56 Å². The quantitative estimate of drug-likeness (QED) is 0.787. The molecule has 0 aliphatic rings. The second kappa shape index (κ2) is 8.62. The van der Waals surface area contributed by atoms with Gasteiger partial charge in [-0.25, -0.2) is 18.4 Å². The van der Waals surface area contributed by atoms with Crippen molar-refractivity contribution in [1.29, 1.82) is 0 Å². The van der Waals surface area contributed by atoms with Crippen molar-refractivity contribution in [2.45, 2.75) is 6.92 Å². The largest absolute Gasteiger partial charge is 0.494 e. The van der Waals surface area contributed by atoms with Crippen molar-refractivity contribution in [2.75, 3.05) is 20.4 Å². The minimum absolute atomic E-state index is 0.253. The maximum atomic E-state index is 12.6. The zero-order chi connectivity index (χ0) is 15.7. The smallest absolute Gasteiger partial charge is 0.343 e. The fourth-order valence-electron chi connectivity index (χ4n) is 0.960. The molecule has 0 radical (unpaired) electrons. The number of pyridine rings is 1. The summed E-state index contributed by atoms with van der Waals surface area (Å²) in [5.74, 6) is -3.58. The predicted octanol–water partition coefficient (Wildman–Crippen LogP) is 0.525. The topological polar surface area (TPSA) is 106 Å². The van der Waals surface area contributed by atoms with E-state index >= 15 is 0 Å². The maximum Gasteiger partial charge on any atom is 0.343 e. The highest BCUT2D eigenvalue weighted by molar-refractivity contribution is 5.91. The van der Waals surface area contributed by atoms with Crippen LogP contribution in [0.5, 0.6) is 5.88 Å². The lowest BCUT2D eigenvalue weighted by molar-refractivity contribution is -0.144. The number of H-pyrrole nitrogens is 1. The monoisotopic (exact) mass is 293 g/mol. The zero-order valence-corrected chi connectivity index (χ0v) is 10.7. The molecule has 0 fully saturated rings. The van der Waals surface area contributed by atoms with Crippen LogP contribution in [0.2, 0.25) is 0 Å². The van der Waals surface area contributed by atoms with Gasteiger partial charge in [0, 0.05) is 0 Å². The Hall–Kier alpha value is -2.45. The van der Waals surface area contributed by atoms with Crippen molar-refractivity contribution in [3.8, 4) is 5.88 Å². The van der Waals surface area contributed by atoms with Gasteiger partial charge in [0.25, 0.3) is 5.56 Å². The number of carbonyl (C=O) groups excluding carboxylic acids is 2. The van der Waals surface area contributed by atoms with E-state index in [1.54, 1.807) is 11.9 Å². The molecule has 0 unspecified atom stereocenters. The Morgan fingerprint density at radius 3 is 2.45 bits per heavy atom. The van der Waals surface area contributed by atoms with E-state index in [1.807, 2.05) is 0 Å². The number of aromatic hydroxyl groups is 1. The Bertz CT molecular complexity index is 528. The van der Waals surface area contributed by atoms with Gasteiger partial charge in [-0.1, -0.05) is 0 Å². The number of rotatable bonds is 3. The summed E-state index contributed by atoms with van der Waals surface area (Å²) >= 11 is 0. The molecule has 2 N–H and O–H groups in total. The van der Waals surface area contributed by atoms with E-state index in [1.165, 1.54) is 0 Å². The van der Waals surface area contributed by atoms with Crippen molar-refractivity contribution >= 4 is 11.9 Å². The summed E-state index contributed by atoms with van der Waals surface area (Å²) in [6.45, 7) is 0.865. The fraction of sp³-hybridized carbons (Fsp3) is 0.364. The lowest BCUT2D eigenvalue weighted by Gasteiger charge is -2.00. The molecule has 0 aromatic carbocycles. The van der Waals surface area contributed by atoms with Crippen LogP contribution in [0.4, 0.5) is 8.78 Å². The lowest BCUT2D eigenvalue weighted by atomic mass is 10.2. The number of hydrogen-bond donors (Lipinski definition) is 2. The average molecular weight is 293 g/mol. The van der Waals surface area contributed by atoms with Gasteiger partial charge in [0.05, 0.1) is 13.7 Å². The van der Waals surface area contributed by atoms with Crippen LogP contribution in [0.25, 0.3) is 0 Å². The number of alkyl halides is 1. The molecule has 0 bridgehead atoms. The molecule has 0 saturated carbocycles. The molecule has 0 atom stereocenters. The van der Waals surface area contributed by atoms with Gasteiger partial charge in [-0.3, -0.25) is 9.78 Å². The molecule has 9 heteroatoms. The summed E-state index contributed by atoms with van der Waals surface area (Å²) in [4.78, 5) is 32.9. The summed E-state index contributed by atoms with van der Waals surface area (Å²) in [7, 11) is 1.07. The van der Waals surface area contributed by atoms with Crippen LogP contribution in [0, 0.1) is 5.82 Å². The van der Waals surface area contributed by atoms with Crippen LogP contribution in [0.15, 0.2) is 10.9 Å². The SMILES string of the molecule is CCOC(=O)CF.COC(=O)c1cc(F)c(=O)[nH]c1O. The third-order valence-electron chi connectivity index (χ3n) is 1.79. The number of esters is 2. The predicted molar refractivity (Wildman–Crippen MR) is 62.6 cm³/mol. The Kier molecular flexibility index (Phi) is 7.56. The van der Waals surface area contributed by atoms with Crippen LogP contribution in [0.3, 0.4) is 0 Å². The molecule has 1 aromatic rings. The number of ether oxygens (including phenoxy) is 2. The van der Waals surface area contributed by atoms with Gasteiger partial charge in [0.2, 0.25) is 5.88 Å². The van der Waals surface area contributed by atoms with E-state index in [-0.39, 0.29) is 6.61 Å². The first-order valence-corrected chi connectivity index (χ1v) is 5.29. The number of aromatic amines is 1. The third-order valence-corrected chi connectivity index (χ3v) is 1.79. The van der Waals surface area contributed by atoms with Crippen LogP contribution in [-0.4, -0.2) is 42.4 Å². The Morgan fingerprint density at radius 2 is 2.05 bits per heavy atom. The third kappa shape index (κ3) is 5.46. The first-order valence-electron chi connectivity index (χ1n) is 5.29. The molecule has 0 aliphatic heterocycles. The Morgan fingerprint density at radius 1 is 1.45 bits per heavy atom. The van der Waals surface area contributed by atoms with Crippen LogP contribution in [-0.2, 0) is 14.3 Å². The Labute approximate surface area is 112 Å². The van der Waals surface area contributed by atoms with Gasteiger partial charge in [0.15, 0.2) is 12.5 Å². The van der Waals surface area contributed by atoms with E-state index in [4.69, 9.17) is 5.11 Å². The number of methoxy groups -OCH3 is 1. The molecular formula is C11H13F2NO6. The van der Waals surface area contributed by atoms with Crippen LogP contribution >= 0.6 is 0 Å². The van der Waals surface area contributed by atoms with E-state index in [2.05, 4.69) is 9.47 Å². The first-order chi connectivity index (χ1) is 9.37. The van der Waals surface area contributed by atoms with Crippen molar-refractivity contribution < 1.29 is 33.0 Å². The molecule has 1 heterocycles. The van der Waals surface area contributed by atoms with Gasteiger partial charge in [-0.2, -0.15) is 0 Å². The minimum Gasteiger partial charge on any atom is -0.494 e. The highest BCUT2D eigenvalue weighted by Crippen LogP contribution is 2.12. The maximum absolute atomic E-state index is 12.6. The summed E-state index contributed by atoms with van der Waals surface area (Å²) in [6.07, 6.45) is 0. The highest BCUT2D eigenvalue weighted by atomic mass is 19.1. The molecule has 112 valence electrons. The van der Waals surface area contributed by atoms with Crippen molar-refractivity contribution in [3.05, 3.63) is 27.8 Å². The minimum atomic E-state index is -1.15. The number of halogens is 2. The van der Waals surface area contributed by atoms with E-state index in [0.717, 1.165) is 7.11 Å². The summed E-state index contributed by atoms with van der Waals surface area (Å²) in [6, 6.07) is 0.611. The second-order valence-electron chi connectivity index (χ2n) is 3.14.